The molecule has 3 aromatic carbocycles. The predicted octanol–water partition coefficient (Wildman–Crippen LogP) is 5.74. The number of imidazole rings is 1. The van der Waals surface area contributed by atoms with Crippen LogP contribution in [-0.4, -0.2) is 58.1 Å². The third-order valence-corrected chi connectivity index (χ3v) is 9.48. The number of hydrogen-bond acceptors (Lipinski definition) is 6. The van der Waals surface area contributed by atoms with E-state index in [1.54, 1.807) is 24.3 Å². The highest BCUT2D eigenvalue weighted by Crippen LogP contribution is 2.31. The van der Waals surface area contributed by atoms with Crippen molar-refractivity contribution < 1.29 is 13.3 Å². The van der Waals surface area contributed by atoms with E-state index in [1.807, 2.05) is 59.1 Å². The number of fused-ring (bicyclic) bond motifs is 1. The molecule has 1 aliphatic heterocycles. The summed E-state index contributed by atoms with van der Waals surface area (Å²) in [4.78, 5) is 18.4. The molecule has 6 rings (SSSR count). The van der Waals surface area contributed by atoms with Crippen LogP contribution in [0.1, 0.15) is 5.69 Å². The van der Waals surface area contributed by atoms with Crippen LogP contribution in [0.2, 0.25) is 5.02 Å². The first-order valence-electron chi connectivity index (χ1n) is 13.1. The molecule has 0 unspecified atom stereocenters. The molecule has 0 saturated carbocycles. The maximum absolute atomic E-state index is 13.2. The van der Waals surface area contributed by atoms with Crippen LogP contribution in [0, 0.1) is 10.1 Å². The van der Waals surface area contributed by atoms with Crippen LogP contribution in [0.4, 0.5) is 5.69 Å². The topological polar surface area (TPSA) is 101 Å². The van der Waals surface area contributed by atoms with Crippen LogP contribution in [0.15, 0.2) is 102 Å². The fraction of sp³-hybridized carbons (Fsp3) is 0.167. The Balaban J connectivity index is 1.33. The van der Waals surface area contributed by atoms with Gasteiger partial charge in [-0.15, -0.1) is 0 Å². The summed E-state index contributed by atoms with van der Waals surface area (Å²) in [5.41, 5.74) is 5.00. The molecule has 0 atom stereocenters. The monoisotopic (exact) mass is 587 g/mol. The second-order valence-corrected chi connectivity index (χ2v) is 12.2. The van der Waals surface area contributed by atoms with Gasteiger partial charge in [0.15, 0.2) is 0 Å². The van der Waals surface area contributed by atoms with Gasteiger partial charge in [-0.25, -0.2) is 13.4 Å². The third kappa shape index (κ3) is 5.47. The van der Waals surface area contributed by atoms with E-state index in [2.05, 4.69) is 4.90 Å². The first-order valence-corrected chi connectivity index (χ1v) is 14.9. The Morgan fingerprint density at radius 3 is 2.24 bits per heavy atom. The zero-order valence-corrected chi connectivity index (χ0v) is 23.5. The van der Waals surface area contributed by atoms with Gasteiger partial charge in [0.2, 0.25) is 10.0 Å². The van der Waals surface area contributed by atoms with E-state index in [1.165, 1.54) is 22.5 Å². The normalized spacial score (nSPS) is 14.9. The lowest BCUT2D eigenvalue weighted by atomic mass is 10.1. The van der Waals surface area contributed by atoms with Gasteiger partial charge in [0, 0.05) is 61.6 Å². The van der Waals surface area contributed by atoms with Crippen LogP contribution < -0.4 is 0 Å². The second kappa shape index (κ2) is 11.1. The van der Waals surface area contributed by atoms with E-state index in [-0.39, 0.29) is 10.6 Å². The molecular weight excluding hydrogens is 562 g/mol. The van der Waals surface area contributed by atoms with Crippen molar-refractivity contribution in [3.63, 3.8) is 0 Å². The number of benzene rings is 3. The van der Waals surface area contributed by atoms with E-state index < -0.39 is 14.9 Å². The molecule has 0 amide bonds. The number of nitro benzene ring substituents is 1. The maximum atomic E-state index is 13.2. The molecule has 0 N–H and O–H groups in total. The van der Waals surface area contributed by atoms with Gasteiger partial charge >= 0.3 is 0 Å². The number of sulfonamides is 1. The van der Waals surface area contributed by atoms with Gasteiger partial charge in [0.25, 0.3) is 5.69 Å². The molecule has 1 saturated heterocycles. The standard InChI is InChI=1S/C30H26ClN5O4S/c31-25-10-12-27(13-11-25)41(39,40)34-17-15-33(16-18-34)21-28-30(23-7-4-8-26(19-23)36(37)38)32-29-14-9-24(20-35(28)29)22-5-2-1-3-6-22/h1-14,19-20H,15-18,21H2. The van der Waals surface area contributed by atoms with Gasteiger partial charge in [0.05, 0.1) is 21.2 Å². The van der Waals surface area contributed by atoms with Gasteiger partial charge in [-0.05, 0) is 47.5 Å². The number of non-ortho nitro benzene ring substituents is 1. The lowest BCUT2D eigenvalue weighted by molar-refractivity contribution is -0.384. The molecule has 1 fully saturated rings. The minimum atomic E-state index is -3.63. The lowest BCUT2D eigenvalue weighted by Gasteiger charge is -2.34. The van der Waals surface area contributed by atoms with Crippen molar-refractivity contribution in [1.29, 1.82) is 0 Å². The van der Waals surface area contributed by atoms with Crippen molar-refractivity contribution in [2.75, 3.05) is 26.2 Å². The Morgan fingerprint density at radius 1 is 0.829 bits per heavy atom. The molecule has 11 heteroatoms. The summed E-state index contributed by atoms with van der Waals surface area (Å²) in [6.45, 7) is 2.21. The second-order valence-electron chi connectivity index (χ2n) is 9.86. The number of nitrogens with zero attached hydrogens (tertiary/aromatic N) is 5. The van der Waals surface area contributed by atoms with Gasteiger partial charge in [-0.1, -0.05) is 54.1 Å². The summed E-state index contributed by atoms with van der Waals surface area (Å²) in [6, 6.07) is 26.7. The third-order valence-electron chi connectivity index (χ3n) is 7.31. The Bertz CT molecular complexity index is 1830. The summed E-state index contributed by atoms with van der Waals surface area (Å²) in [6.07, 6.45) is 2.04. The summed E-state index contributed by atoms with van der Waals surface area (Å²) in [5, 5.41) is 12.0. The highest BCUT2D eigenvalue weighted by molar-refractivity contribution is 7.89. The Labute approximate surface area is 242 Å². The molecule has 0 spiro atoms. The number of halogens is 1. The molecule has 0 radical (unpaired) electrons. The van der Waals surface area contributed by atoms with E-state index in [0.29, 0.717) is 49.0 Å². The maximum Gasteiger partial charge on any atom is 0.270 e. The minimum Gasteiger partial charge on any atom is -0.301 e. The summed E-state index contributed by atoms with van der Waals surface area (Å²) >= 11 is 5.95. The van der Waals surface area contributed by atoms with Gasteiger partial charge in [0.1, 0.15) is 5.65 Å². The summed E-state index contributed by atoms with van der Waals surface area (Å²) in [5.74, 6) is 0. The van der Waals surface area contributed by atoms with Crippen molar-refractivity contribution in [2.24, 2.45) is 0 Å². The van der Waals surface area contributed by atoms with Crippen LogP contribution in [0.5, 0.6) is 0 Å². The Hall–Kier alpha value is -4.09. The summed E-state index contributed by atoms with van der Waals surface area (Å²) < 4.78 is 29.9. The van der Waals surface area contributed by atoms with Crippen molar-refractivity contribution in [3.8, 4) is 22.4 Å². The molecule has 3 heterocycles. The van der Waals surface area contributed by atoms with Crippen LogP contribution in [0.3, 0.4) is 0 Å². The van der Waals surface area contributed by atoms with Gasteiger partial charge in [-0.2, -0.15) is 4.31 Å². The first-order chi connectivity index (χ1) is 19.8. The highest BCUT2D eigenvalue weighted by Gasteiger charge is 2.29. The predicted molar refractivity (Wildman–Crippen MR) is 158 cm³/mol. The van der Waals surface area contributed by atoms with Crippen LogP contribution in [0.25, 0.3) is 28.0 Å². The average Bonchev–Trinajstić information content (AvgIpc) is 3.35. The Kier molecular flexibility index (Phi) is 7.31. The number of hydrogen-bond donors (Lipinski definition) is 0. The van der Waals surface area contributed by atoms with Crippen LogP contribution in [-0.2, 0) is 16.6 Å². The molecule has 0 aliphatic carbocycles. The molecule has 1 aliphatic rings. The summed E-state index contributed by atoms with van der Waals surface area (Å²) in [7, 11) is -3.63. The number of aromatic nitrogens is 2. The zero-order chi connectivity index (χ0) is 28.6. The largest absolute Gasteiger partial charge is 0.301 e. The molecule has 9 nitrogen and oxygen atoms in total. The molecular formula is C30H26ClN5O4S. The number of pyridine rings is 1. The zero-order valence-electron chi connectivity index (χ0n) is 21.9. The quantitative estimate of drug-likeness (QED) is 0.178. The van der Waals surface area contributed by atoms with Crippen molar-refractivity contribution >= 4 is 33.0 Å². The molecule has 0 bridgehead atoms. The van der Waals surface area contributed by atoms with Crippen molar-refractivity contribution in [3.05, 3.63) is 118 Å². The van der Waals surface area contributed by atoms with E-state index in [0.717, 1.165) is 22.5 Å². The number of nitro groups is 1. The molecule has 208 valence electrons. The number of piperazine rings is 1. The van der Waals surface area contributed by atoms with E-state index in [4.69, 9.17) is 16.6 Å². The minimum absolute atomic E-state index is 0.00324. The first kappa shape index (κ1) is 27.1. The van der Waals surface area contributed by atoms with Gasteiger partial charge in [-0.3, -0.25) is 15.0 Å². The van der Waals surface area contributed by atoms with Crippen molar-refractivity contribution in [1.82, 2.24) is 18.6 Å². The fourth-order valence-corrected chi connectivity index (χ4v) is 6.69. The highest BCUT2D eigenvalue weighted by atomic mass is 35.5. The molecule has 5 aromatic rings. The average molecular weight is 588 g/mol. The SMILES string of the molecule is O=[N+]([O-])c1cccc(-c2nc3ccc(-c4ccccc4)cn3c2CN2CCN(S(=O)(=O)c3ccc(Cl)cc3)CC2)c1. The fourth-order valence-electron chi connectivity index (χ4n) is 5.14. The molecule has 2 aromatic heterocycles. The van der Waals surface area contributed by atoms with Gasteiger partial charge < -0.3 is 4.40 Å². The Morgan fingerprint density at radius 2 is 1.54 bits per heavy atom. The van der Waals surface area contributed by atoms with Crippen LogP contribution >= 0.6 is 11.6 Å². The molecule has 41 heavy (non-hydrogen) atoms. The number of rotatable bonds is 7. The van der Waals surface area contributed by atoms with E-state index >= 15 is 0 Å². The smallest absolute Gasteiger partial charge is 0.270 e. The van der Waals surface area contributed by atoms with E-state index in [9.17, 15) is 18.5 Å². The lowest BCUT2D eigenvalue weighted by Crippen LogP contribution is -2.48. The van der Waals surface area contributed by atoms with Crippen molar-refractivity contribution in [2.45, 2.75) is 11.4 Å².